The van der Waals surface area contributed by atoms with Crippen LogP contribution in [0.25, 0.3) is 0 Å². The molecule has 0 aromatic heterocycles. The fourth-order valence-electron chi connectivity index (χ4n) is 3.22. The third kappa shape index (κ3) is 3.62. The van der Waals surface area contributed by atoms with Crippen molar-refractivity contribution in [3.63, 3.8) is 0 Å². The van der Waals surface area contributed by atoms with Gasteiger partial charge in [0.1, 0.15) is 0 Å². The Balaban J connectivity index is 1.74. The van der Waals surface area contributed by atoms with Crippen LogP contribution in [0.2, 0.25) is 0 Å². The first kappa shape index (κ1) is 13.7. The van der Waals surface area contributed by atoms with Crippen molar-refractivity contribution in [1.82, 2.24) is 10.2 Å². The lowest BCUT2D eigenvalue weighted by molar-refractivity contribution is 0.0902. The lowest BCUT2D eigenvalue weighted by Crippen LogP contribution is -2.49. The van der Waals surface area contributed by atoms with Crippen molar-refractivity contribution in [2.45, 2.75) is 45.6 Å². The molecule has 1 N–H and O–H groups in total. The van der Waals surface area contributed by atoms with Gasteiger partial charge in [-0.1, -0.05) is 26.7 Å². The second-order valence-corrected chi connectivity index (χ2v) is 6.88. The lowest BCUT2D eigenvalue weighted by Gasteiger charge is -2.42. The molecule has 0 aromatic carbocycles. The van der Waals surface area contributed by atoms with Crippen LogP contribution < -0.4 is 5.32 Å². The summed E-state index contributed by atoms with van der Waals surface area (Å²) < 4.78 is 0. The molecule has 2 fully saturated rings. The third-order valence-corrected chi connectivity index (χ3v) is 6.02. The molecule has 2 aliphatic rings. The summed E-state index contributed by atoms with van der Waals surface area (Å²) in [5.41, 5.74) is 0.672. The molecule has 1 unspecified atom stereocenters. The summed E-state index contributed by atoms with van der Waals surface area (Å²) in [7, 11) is 0. The Morgan fingerprint density at radius 3 is 2.47 bits per heavy atom. The quantitative estimate of drug-likeness (QED) is 0.832. The van der Waals surface area contributed by atoms with E-state index < -0.39 is 0 Å². The van der Waals surface area contributed by atoms with Gasteiger partial charge in [-0.25, -0.2) is 0 Å². The number of hydrogen-bond acceptors (Lipinski definition) is 3. The summed E-state index contributed by atoms with van der Waals surface area (Å²) in [6, 6.07) is 0.740. The van der Waals surface area contributed by atoms with Crippen molar-refractivity contribution in [3.8, 4) is 0 Å². The van der Waals surface area contributed by atoms with Crippen LogP contribution in [0.1, 0.15) is 39.5 Å². The van der Waals surface area contributed by atoms with Crippen molar-refractivity contribution in [2.75, 3.05) is 37.7 Å². The predicted molar refractivity (Wildman–Crippen MR) is 77.8 cm³/mol. The number of rotatable bonds is 4. The summed E-state index contributed by atoms with van der Waals surface area (Å²) in [5, 5.41) is 3.65. The molecule has 2 heterocycles. The minimum absolute atomic E-state index is 0.672. The van der Waals surface area contributed by atoms with Crippen LogP contribution in [-0.4, -0.2) is 48.6 Å². The number of likely N-dealkylation sites (tertiary alicyclic amines) is 1. The standard InChI is InChI=1S/C14H28N2S/c1-3-14(4-2)5-8-16(9-6-14)11-13-12-17-10-7-15-13/h13,15H,3-12H2,1-2H3. The van der Waals surface area contributed by atoms with Gasteiger partial charge in [0, 0.05) is 30.6 Å². The molecule has 0 amide bonds. The van der Waals surface area contributed by atoms with Crippen LogP contribution in [0.3, 0.4) is 0 Å². The van der Waals surface area contributed by atoms with Gasteiger partial charge in [-0.05, 0) is 31.3 Å². The average molecular weight is 256 g/mol. The Morgan fingerprint density at radius 2 is 1.94 bits per heavy atom. The predicted octanol–water partition coefficient (Wildman–Crippen LogP) is 2.59. The molecule has 2 aliphatic heterocycles. The van der Waals surface area contributed by atoms with Crippen molar-refractivity contribution < 1.29 is 0 Å². The van der Waals surface area contributed by atoms with Crippen LogP contribution in [0.15, 0.2) is 0 Å². The molecule has 100 valence electrons. The Labute approximate surface area is 111 Å². The normalized spacial score (nSPS) is 30.4. The monoisotopic (exact) mass is 256 g/mol. The molecule has 2 saturated heterocycles. The lowest BCUT2D eigenvalue weighted by atomic mass is 9.74. The molecule has 0 aromatic rings. The van der Waals surface area contributed by atoms with Gasteiger partial charge in [0.2, 0.25) is 0 Å². The number of thioether (sulfide) groups is 1. The molecule has 0 saturated carbocycles. The zero-order chi connectivity index (χ0) is 12.1. The molecule has 0 radical (unpaired) electrons. The summed E-state index contributed by atoms with van der Waals surface area (Å²) in [5.74, 6) is 2.61. The summed E-state index contributed by atoms with van der Waals surface area (Å²) >= 11 is 2.11. The molecule has 0 aliphatic carbocycles. The van der Waals surface area contributed by atoms with E-state index in [1.54, 1.807) is 0 Å². The van der Waals surface area contributed by atoms with Gasteiger partial charge in [0.05, 0.1) is 0 Å². The second kappa shape index (κ2) is 6.44. The van der Waals surface area contributed by atoms with Gasteiger partial charge in [-0.3, -0.25) is 0 Å². The minimum atomic E-state index is 0.672. The van der Waals surface area contributed by atoms with Crippen LogP contribution in [-0.2, 0) is 0 Å². The summed E-state index contributed by atoms with van der Waals surface area (Å²) in [4.78, 5) is 2.69. The van der Waals surface area contributed by atoms with Crippen LogP contribution in [0.4, 0.5) is 0 Å². The molecule has 2 rings (SSSR count). The fraction of sp³-hybridized carbons (Fsp3) is 1.00. The zero-order valence-electron chi connectivity index (χ0n) is 11.5. The van der Waals surface area contributed by atoms with E-state index in [0.717, 1.165) is 6.04 Å². The Kier molecular flexibility index (Phi) is 5.19. The summed E-state index contributed by atoms with van der Waals surface area (Å²) in [6.45, 7) is 9.87. The Bertz CT molecular complexity index is 212. The van der Waals surface area contributed by atoms with Gasteiger partial charge in [0.15, 0.2) is 0 Å². The SMILES string of the molecule is CCC1(CC)CCN(CC2CSCCN2)CC1. The van der Waals surface area contributed by atoms with E-state index in [-0.39, 0.29) is 0 Å². The minimum Gasteiger partial charge on any atom is -0.311 e. The van der Waals surface area contributed by atoms with E-state index in [1.807, 2.05) is 0 Å². The molecule has 0 bridgehead atoms. The first-order chi connectivity index (χ1) is 8.28. The van der Waals surface area contributed by atoms with Crippen LogP contribution in [0, 0.1) is 5.41 Å². The molecule has 0 spiro atoms. The molecule has 1 atom stereocenters. The average Bonchev–Trinajstić information content (AvgIpc) is 2.41. The number of hydrogen-bond donors (Lipinski definition) is 1. The highest BCUT2D eigenvalue weighted by atomic mass is 32.2. The third-order valence-electron chi connectivity index (χ3n) is 4.89. The van der Waals surface area contributed by atoms with E-state index in [9.17, 15) is 0 Å². The Morgan fingerprint density at radius 1 is 1.24 bits per heavy atom. The topological polar surface area (TPSA) is 15.3 Å². The van der Waals surface area contributed by atoms with Gasteiger partial charge in [-0.15, -0.1) is 0 Å². The largest absolute Gasteiger partial charge is 0.311 e. The molecule has 17 heavy (non-hydrogen) atoms. The molecule has 2 nitrogen and oxygen atoms in total. The van der Waals surface area contributed by atoms with E-state index >= 15 is 0 Å². The van der Waals surface area contributed by atoms with Gasteiger partial charge in [-0.2, -0.15) is 11.8 Å². The first-order valence-corrected chi connectivity index (χ1v) is 8.47. The van der Waals surface area contributed by atoms with Gasteiger partial charge < -0.3 is 10.2 Å². The highest BCUT2D eigenvalue weighted by Gasteiger charge is 2.31. The van der Waals surface area contributed by atoms with E-state index in [1.165, 1.54) is 63.4 Å². The fourth-order valence-corrected chi connectivity index (χ4v) is 4.15. The molecule has 3 heteroatoms. The van der Waals surface area contributed by atoms with Crippen molar-refractivity contribution in [1.29, 1.82) is 0 Å². The maximum absolute atomic E-state index is 3.65. The van der Waals surface area contributed by atoms with E-state index in [0.29, 0.717) is 5.41 Å². The summed E-state index contributed by atoms with van der Waals surface area (Å²) in [6.07, 6.45) is 5.57. The first-order valence-electron chi connectivity index (χ1n) is 7.31. The number of piperidine rings is 1. The zero-order valence-corrected chi connectivity index (χ0v) is 12.3. The molecular formula is C14H28N2S. The maximum atomic E-state index is 3.65. The van der Waals surface area contributed by atoms with Gasteiger partial charge >= 0.3 is 0 Å². The van der Waals surface area contributed by atoms with Crippen molar-refractivity contribution in [3.05, 3.63) is 0 Å². The van der Waals surface area contributed by atoms with E-state index in [2.05, 4.69) is 35.8 Å². The van der Waals surface area contributed by atoms with E-state index in [4.69, 9.17) is 0 Å². The second-order valence-electron chi connectivity index (χ2n) is 5.73. The maximum Gasteiger partial charge on any atom is 0.0285 e. The van der Waals surface area contributed by atoms with Crippen molar-refractivity contribution >= 4 is 11.8 Å². The highest BCUT2D eigenvalue weighted by molar-refractivity contribution is 7.99. The molecular weight excluding hydrogens is 228 g/mol. The van der Waals surface area contributed by atoms with Crippen LogP contribution >= 0.6 is 11.8 Å². The van der Waals surface area contributed by atoms with Gasteiger partial charge in [0.25, 0.3) is 0 Å². The smallest absolute Gasteiger partial charge is 0.0285 e. The Hall–Kier alpha value is 0.270. The number of nitrogens with one attached hydrogen (secondary N) is 1. The number of nitrogens with zero attached hydrogens (tertiary/aromatic N) is 1. The van der Waals surface area contributed by atoms with Crippen molar-refractivity contribution in [2.24, 2.45) is 5.41 Å². The highest BCUT2D eigenvalue weighted by Crippen LogP contribution is 2.37. The van der Waals surface area contributed by atoms with Crippen LogP contribution in [0.5, 0.6) is 0 Å².